The number of aromatic nitrogens is 2. The van der Waals surface area contributed by atoms with E-state index in [9.17, 15) is 4.79 Å². The number of hydrogen-bond acceptors (Lipinski definition) is 4. The predicted octanol–water partition coefficient (Wildman–Crippen LogP) is 2.99. The van der Waals surface area contributed by atoms with Crippen LogP contribution in [0.4, 0.5) is 0 Å². The summed E-state index contributed by atoms with van der Waals surface area (Å²) >= 11 is 7.63. The standard InChI is InChI=1S/C11H7ClN2O2S/c1-16-10(15)7-5-14-9-6(12)3-2-4-8(9)17-11(14)13-7/h2-5H,1H3. The van der Waals surface area contributed by atoms with E-state index >= 15 is 0 Å². The first kappa shape index (κ1) is 10.6. The lowest BCUT2D eigenvalue weighted by Gasteiger charge is -1.94. The molecular weight excluding hydrogens is 260 g/mol. The van der Waals surface area contributed by atoms with Crippen LogP contribution >= 0.6 is 22.9 Å². The van der Waals surface area contributed by atoms with E-state index in [1.807, 2.05) is 22.6 Å². The van der Waals surface area contributed by atoms with E-state index < -0.39 is 5.97 Å². The summed E-state index contributed by atoms with van der Waals surface area (Å²) in [5.74, 6) is -0.443. The molecule has 0 unspecified atom stereocenters. The summed E-state index contributed by atoms with van der Waals surface area (Å²) in [6, 6.07) is 5.67. The minimum Gasteiger partial charge on any atom is -0.464 e. The molecule has 6 heteroatoms. The lowest BCUT2D eigenvalue weighted by Crippen LogP contribution is -2.00. The second-order valence-electron chi connectivity index (χ2n) is 3.46. The SMILES string of the molecule is COC(=O)c1cn2c(n1)sc1cccc(Cl)c12. The number of esters is 1. The molecule has 0 N–H and O–H groups in total. The van der Waals surface area contributed by atoms with Crippen molar-refractivity contribution in [2.24, 2.45) is 0 Å². The first-order valence-electron chi connectivity index (χ1n) is 4.85. The van der Waals surface area contributed by atoms with Gasteiger partial charge in [-0.05, 0) is 12.1 Å². The van der Waals surface area contributed by atoms with Gasteiger partial charge in [-0.25, -0.2) is 9.78 Å². The zero-order chi connectivity index (χ0) is 12.0. The normalized spacial score (nSPS) is 11.2. The number of methoxy groups -OCH3 is 1. The van der Waals surface area contributed by atoms with Gasteiger partial charge in [0.05, 0.1) is 22.3 Å². The smallest absolute Gasteiger partial charge is 0.358 e. The van der Waals surface area contributed by atoms with E-state index in [1.165, 1.54) is 18.4 Å². The molecule has 0 atom stereocenters. The molecule has 0 saturated heterocycles. The van der Waals surface area contributed by atoms with Gasteiger partial charge in [-0.1, -0.05) is 29.0 Å². The Hall–Kier alpha value is -1.59. The molecule has 0 aliphatic rings. The van der Waals surface area contributed by atoms with Crippen molar-refractivity contribution in [2.75, 3.05) is 7.11 Å². The fraction of sp³-hybridized carbons (Fsp3) is 0.0909. The van der Waals surface area contributed by atoms with Gasteiger partial charge in [0.15, 0.2) is 10.7 Å². The minimum absolute atomic E-state index is 0.292. The second kappa shape index (κ2) is 3.72. The molecule has 3 aromatic rings. The van der Waals surface area contributed by atoms with Crippen LogP contribution in [0.3, 0.4) is 0 Å². The van der Waals surface area contributed by atoms with Crippen LogP contribution in [0.2, 0.25) is 5.02 Å². The lowest BCUT2D eigenvalue weighted by molar-refractivity contribution is 0.0595. The number of benzene rings is 1. The molecule has 0 bridgehead atoms. The number of nitrogens with zero attached hydrogens (tertiary/aromatic N) is 2. The molecule has 0 radical (unpaired) electrons. The number of fused-ring (bicyclic) bond motifs is 3. The number of para-hydroxylation sites is 1. The van der Waals surface area contributed by atoms with Gasteiger partial charge in [0, 0.05) is 6.20 Å². The summed E-state index contributed by atoms with van der Waals surface area (Å²) in [6.07, 6.45) is 1.64. The Morgan fingerprint density at radius 2 is 2.35 bits per heavy atom. The van der Waals surface area contributed by atoms with Gasteiger partial charge in [-0.2, -0.15) is 0 Å². The molecule has 2 heterocycles. The largest absolute Gasteiger partial charge is 0.464 e. The molecule has 0 saturated carbocycles. The quantitative estimate of drug-likeness (QED) is 0.636. The summed E-state index contributed by atoms with van der Waals surface area (Å²) in [6.45, 7) is 0. The van der Waals surface area contributed by atoms with Gasteiger partial charge in [0.25, 0.3) is 0 Å². The van der Waals surface area contributed by atoms with E-state index in [1.54, 1.807) is 6.20 Å². The monoisotopic (exact) mass is 266 g/mol. The Morgan fingerprint density at radius 1 is 1.53 bits per heavy atom. The topological polar surface area (TPSA) is 43.6 Å². The molecular formula is C11H7ClN2O2S. The zero-order valence-electron chi connectivity index (χ0n) is 8.81. The molecule has 0 amide bonds. The highest BCUT2D eigenvalue weighted by atomic mass is 35.5. The highest BCUT2D eigenvalue weighted by Gasteiger charge is 2.15. The maximum atomic E-state index is 11.4. The van der Waals surface area contributed by atoms with Crippen molar-refractivity contribution in [3.63, 3.8) is 0 Å². The molecule has 2 aromatic heterocycles. The number of rotatable bonds is 1. The lowest BCUT2D eigenvalue weighted by atomic mass is 10.3. The number of halogens is 1. The third kappa shape index (κ3) is 1.50. The summed E-state index contributed by atoms with van der Waals surface area (Å²) in [5, 5.41) is 0.641. The average Bonchev–Trinajstić information content (AvgIpc) is 2.85. The number of carbonyl (C=O) groups is 1. The number of hydrogen-bond donors (Lipinski definition) is 0. The van der Waals surface area contributed by atoms with Crippen molar-refractivity contribution in [1.29, 1.82) is 0 Å². The first-order valence-corrected chi connectivity index (χ1v) is 6.04. The Labute approximate surface area is 105 Å². The van der Waals surface area contributed by atoms with Crippen LogP contribution in [-0.2, 0) is 4.74 Å². The molecule has 4 nitrogen and oxygen atoms in total. The minimum atomic E-state index is -0.443. The summed E-state index contributed by atoms with van der Waals surface area (Å²) < 4.78 is 7.49. The maximum absolute atomic E-state index is 11.4. The van der Waals surface area contributed by atoms with Crippen LogP contribution in [-0.4, -0.2) is 22.5 Å². The van der Waals surface area contributed by atoms with Crippen LogP contribution < -0.4 is 0 Å². The zero-order valence-corrected chi connectivity index (χ0v) is 10.4. The second-order valence-corrected chi connectivity index (χ2v) is 4.88. The van der Waals surface area contributed by atoms with Crippen LogP contribution in [0.5, 0.6) is 0 Å². The Bertz CT molecular complexity index is 732. The van der Waals surface area contributed by atoms with Crippen LogP contribution in [0.1, 0.15) is 10.5 Å². The molecule has 0 aliphatic carbocycles. The fourth-order valence-corrected chi connectivity index (χ4v) is 3.06. The van der Waals surface area contributed by atoms with Crippen molar-refractivity contribution < 1.29 is 9.53 Å². The van der Waals surface area contributed by atoms with Gasteiger partial charge in [-0.15, -0.1) is 0 Å². The van der Waals surface area contributed by atoms with Crippen LogP contribution in [0, 0.1) is 0 Å². The maximum Gasteiger partial charge on any atom is 0.358 e. The Balaban J connectivity index is 2.34. The van der Waals surface area contributed by atoms with Crippen molar-refractivity contribution in [2.45, 2.75) is 0 Å². The average molecular weight is 267 g/mol. The van der Waals surface area contributed by atoms with Crippen LogP contribution in [0.15, 0.2) is 24.4 Å². The molecule has 3 rings (SSSR count). The number of thiazole rings is 1. The Morgan fingerprint density at radius 3 is 3.12 bits per heavy atom. The molecule has 0 fully saturated rings. The Kier molecular flexibility index (Phi) is 2.31. The first-order chi connectivity index (χ1) is 8.20. The summed E-state index contributed by atoms with van der Waals surface area (Å²) in [7, 11) is 1.33. The van der Waals surface area contributed by atoms with Gasteiger partial charge >= 0.3 is 5.97 Å². The van der Waals surface area contributed by atoms with Crippen molar-refractivity contribution in [3.8, 4) is 0 Å². The number of imidazole rings is 1. The summed E-state index contributed by atoms with van der Waals surface area (Å²) in [5.41, 5.74) is 1.16. The number of carbonyl (C=O) groups excluding carboxylic acids is 1. The number of ether oxygens (including phenoxy) is 1. The van der Waals surface area contributed by atoms with Gasteiger partial charge in [0.2, 0.25) is 0 Å². The summed E-state index contributed by atoms with van der Waals surface area (Å²) in [4.78, 5) is 16.3. The van der Waals surface area contributed by atoms with Crippen LogP contribution in [0.25, 0.3) is 15.2 Å². The van der Waals surface area contributed by atoms with E-state index in [-0.39, 0.29) is 0 Å². The van der Waals surface area contributed by atoms with Gasteiger partial charge in [0.1, 0.15) is 0 Å². The van der Waals surface area contributed by atoms with Gasteiger partial charge in [-0.3, -0.25) is 4.40 Å². The molecule has 0 aliphatic heterocycles. The van der Waals surface area contributed by atoms with Crippen molar-refractivity contribution >= 4 is 44.1 Å². The van der Waals surface area contributed by atoms with E-state index in [0.717, 1.165) is 15.2 Å². The molecule has 17 heavy (non-hydrogen) atoms. The van der Waals surface area contributed by atoms with Crippen molar-refractivity contribution in [1.82, 2.24) is 9.38 Å². The van der Waals surface area contributed by atoms with Gasteiger partial charge < -0.3 is 4.74 Å². The van der Waals surface area contributed by atoms with E-state index in [2.05, 4.69) is 9.72 Å². The third-order valence-corrected chi connectivity index (χ3v) is 3.78. The highest BCUT2D eigenvalue weighted by Crippen LogP contribution is 2.31. The molecule has 0 spiro atoms. The molecule has 86 valence electrons. The third-order valence-electron chi connectivity index (χ3n) is 2.46. The van der Waals surface area contributed by atoms with Crippen molar-refractivity contribution in [3.05, 3.63) is 35.1 Å². The molecule has 1 aromatic carbocycles. The fourth-order valence-electron chi connectivity index (χ4n) is 1.71. The van der Waals surface area contributed by atoms with E-state index in [4.69, 9.17) is 11.6 Å². The highest BCUT2D eigenvalue weighted by molar-refractivity contribution is 7.23. The predicted molar refractivity (Wildman–Crippen MR) is 66.9 cm³/mol. The van der Waals surface area contributed by atoms with E-state index in [0.29, 0.717) is 10.7 Å².